The number of rotatable bonds is 12. The average molecular weight is 794 g/mol. The largest absolute Gasteiger partial charge is 0.341 e. The Morgan fingerprint density at radius 1 is 0.900 bits per heavy atom. The average Bonchev–Trinajstić information content (AvgIpc) is 3.50. The second-order valence-corrected chi connectivity index (χ2v) is 19.3. The summed E-state index contributed by atoms with van der Waals surface area (Å²) in [5.41, 5.74) is 19.2. The Bertz CT molecular complexity index is 2300. The second kappa shape index (κ2) is 18.2. The molecule has 1 nitrogen and oxygen atoms in total. The molecule has 0 spiro atoms. The van der Waals surface area contributed by atoms with Gasteiger partial charge in [0.1, 0.15) is 0 Å². The van der Waals surface area contributed by atoms with Crippen LogP contribution in [0, 0.1) is 36.0 Å². The van der Waals surface area contributed by atoms with E-state index in [1.807, 2.05) is 0 Å². The maximum absolute atomic E-state index is 2.88. The van der Waals surface area contributed by atoms with Gasteiger partial charge in [0.2, 0.25) is 0 Å². The van der Waals surface area contributed by atoms with Crippen LogP contribution in [-0.2, 0) is 0 Å². The molecule has 0 radical (unpaired) electrons. The van der Waals surface area contributed by atoms with E-state index < -0.39 is 0 Å². The fraction of sp³-hybridized carbons (Fsp3) is 0.424. The first-order valence-corrected chi connectivity index (χ1v) is 23.7. The zero-order valence-corrected chi connectivity index (χ0v) is 38.1. The van der Waals surface area contributed by atoms with Gasteiger partial charge in [0.05, 0.1) is 0 Å². The number of benzene rings is 2. The van der Waals surface area contributed by atoms with E-state index >= 15 is 0 Å². The third-order valence-corrected chi connectivity index (χ3v) is 15.3. The van der Waals surface area contributed by atoms with Crippen molar-refractivity contribution < 1.29 is 0 Å². The van der Waals surface area contributed by atoms with Gasteiger partial charge in [-0.25, -0.2) is 0 Å². The lowest BCUT2D eigenvalue weighted by Gasteiger charge is -2.45. The van der Waals surface area contributed by atoms with Crippen LogP contribution in [0.5, 0.6) is 0 Å². The molecule has 0 fully saturated rings. The highest BCUT2D eigenvalue weighted by Gasteiger charge is 2.49. The predicted octanol–water partition coefficient (Wildman–Crippen LogP) is 16.5. The SMILES string of the molecule is CC/C=C(\C(C)=C(/C)[C@@H]1C=CC2=C(C1)C(C)(C)[C@H]1C=C(N(c3cc(/C(C)=C/CCCC)cc(C4C=CC=CC4)c3)[C@H]3CCC=C4C=CC=CC43)CCC21)c1ccccc1C. The van der Waals surface area contributed by atoms with Crippen LogP contribution in [0.3, 0.4) is 0 Å². The number of unbranched alkanes of at least 4 members (excludes halogenated alkanes) is 2. The van der Waals surface area contributed by atoms with Crippen LogP contribution in [0.2, 0.25) is 0 Å². The Kier molecular flexibility index (Phi) is 12.7. The molecule has 1 heteroatoms. The van der Waals surface area contributed by atoms with E-state index in [4.69, 9.17) is 0 Å². The molecule has 0 saturated heterocycles. The van der Waals surface area contributed by atoms with Gasteiger partial charge in [0.25, 0.3) is 0 Å². The summed E-state index contributed by atoms with van der Waals surface area (Å²) in [7, 11) is 0. The topological polar surface area (TPSA) is 3.24 Å². The molecule has 0 aliphatic heterocycles. The highest BCUT2D eigenvalue weighted by Crippen LogP contribution is 2.59. The number of anilines is 1. The van der Waals surface area contributed by atoms with Crippen molar-refractivity contribution in [3.63, 3.8) is 0 Å². The number of hydrogen-bond acceptors (Lipinski definition) is 1. The minimum atomic E-state index is 0.0859. The zero-order chi connectivity index (χ0) is 42.0. The van der Waals surface area contributed by atoms with Gasteiger partial charge in [-0.3, -0.25) is 0 Å². The normalized spacial score (nSPS) is 27.3. The predicted molar refractivity (Wildman–Crippen MR) is 261 cm³/mol. The first-order chi connectivity index (χ1) is 29.1. The third kappa shape index (κ3) is 8.23. The molecule has 2 aromatic rings. The molecule has 0 aromatic heterocycles. The van der Waals surface area contributed by atoms with Gasteiger partial charge in [-0.05, 0) is 159 Å². The van der Waals surface area contributed by atoms with E-state index in [1.54, 1.807) is 16.8 Å². The summed E-state index contributed by atoms with van der Waals surface area (Å²) in [4.78, 5) is 2.88. The van der Waals surface area contributed by atoms with Crippen LogP contribution >= 0.6 is 0 Å². The van der Waals surface area contributed by atoms with Gasteiger partial charge in [-0.2, -0.15) is 0 Å². The van der Waals surface area contributed by atoms with Crippen molar-refractivity contribution in [1.82, 2.24) is 0 Å². The highest BCUT2D eigenvalue weighted by molar-refractivity contribution is 5.81. The molecule has 6 aliphatic carbocycles. The molecule has 60 heavy (non-hydrogen) atoms. The molecule has 0 N–H and O–H groups in total. The van der Waals surface area contributed by atoms with E-state index in [9.17, 15) is 0 Å². The Labute approximate surface area is 364 Å². The summed E-state index contributed by atoms with van der Waals surface area (Å²) < 4.78 is 0. The Morgan fingerprint density at radius 2 is 1.73 bits per heavy atom. The van der Waals surface area contributed by atoms with Gasteiger partial charge in [0.15, 0.2) is 0 Å². The van der Waals surface area contributed by atoms with Crippen molar-refractivity contribution in [3.8, 4) is 0 Å². The molecule has 8 rings (SSSR count). The number of hydrogen-bond donors (Lipinski definition) is 0. The molecule has 0 heterocycles. The van der Waals surface area contributed by atoms with E-state index in [0.29, 0.717) is 35.6 Å². The van der Waals surface area contributed by atoms with Crippen molar-refractivity contribution in [1.29, 1.82) is 0 Å². The minimum absolute atomic E-state index is 0.0859. The number of allylic oxidation sites excluding steroid dienone is 20. The molecular formula is C59H71N. The standard InChI is InChI=1S/C59H71N/c1-9-11-13-22-40(3)47-35-48(44-24-14-12-15-25-44)37-50(36-47)60(58-30-20-27-45-26-17-19-29-53(45)58)49-32-34-55-54-33-31-46(38-56(54)59(7,8)57(55)39-49)42(5)43(6)52(21-10-2)51-28-18-16-23-41(51)4/h12,14-19,21-24,26-29,31,33,35-37,39,44,46,53,55,57-58H,9-11,13,20,25,30,32,34,38H2,1-8H3/b40-22+,43-42+,52-21+/t44?,46-,53?,55?,57+,58+/m1/s1. The Balaban J connectivity index is 1.17. The van der Waals surface area contributed by atoms with Crippen LogP contribution in [0.1, 0.15) is 141 Å². The summed E-state index contributed by atoms with van der Waals surface area (Å²) in [5, 5.41) is 0. The molecule has 2 aromatic carbocycles. The van der Waals surface area contributed by atoms with Crippen molar-refractivity contribution in [2.24, 2.45) is 29.1 Å². The molecule has 3 unspecified atom stereocenters. The highest BCUT2D eigenvalue weighted by atomic mass is 15.2. The van der Waals surface area contributed by atoms with Gasteiger partial charge in [-0.1, -0.05) is 167 Å². The molecular weight excluding hydrogens is 723 g/mol. The molecule has 6 aliphatic rings. The lowest BCUT2D eigenvalue weighted by molar-refractivity contribution is 0.262. The summed E-state index contributed by atoms with van der Waals surface area (Å²) in [6, 6.07) is 16.9. The summed E-state index contributed by atoms with van der Waals surface area (Å²) in [6.07, 6.45) is 45.5. The van der Waals surface area contributed by atoms with Crippen LogP contribution in [0.15, 0.2) is 161 Å². The van der Waals surface area contributed by atoms with Crippen molar-refractivity contribution in [3.05, 3.63) is 183 Å². The first kappa shape index (κ1) is 42.1. The van der Waals surface area contributed by atoms with Crippen LogP contribution < -0.4 is 4.90 Å². The summed E-state index contributed by atoms with van der Waals surface area (Å²) in [6.45, 7) is 19.1. The van der Waals surface area contributed by atoms with Crippen LogP contribution in [-0.4, -0.2) is 6.04 Å². The van der Waals surface area contributed by atoms with Crippen LogP contribution in [0.4, 0.5) is 5.69 Å². The van der Waals surface area contributed by atoms with Gasteiger partial charge < -0.3 is 4.90 Å². The molecule has 0 amide bonds. The van der Waals surface area contributed by atoms with Gasteiger partial charge in [-0.15, -0.1) is 0 Å². The van der Waals surface area contributed by atoms with E-state index in [-0.39, 0.29) is 5.41 Å². The third-order valence-electron chi connectivity index (χ3n) is 15.3. The Hall–Kier alpha value is -4.62. The van der Waals surface area contributed by atoms with E-state index in [1.165, 1.54) is 81.5 Å². The lowest BCUT2D eigenvalue weighted by Crippen LogP contribution is -2.43. The second-order valence-electron chi connectivity index (χ2n) is 19.3. The number of fused-ring (bicyclic) bond motifs is 3. The van der Waals surface area contributed by atoms with Crippen LogP contribution in [0.25, 0.3) is 11.1 Å². The molecule has 312 valence electrons. The van der Waals surface area contributed by atoms with Crippen molar-refractivity contribution >= 4 is 16.8 Å². The maximum Gasteiger partial charge on any atom is 0.0445 e. The first-order valence-electron chi connectivity index (χ1n) is 23.7. The number of nitrogens with zero attached hydrogens (tertiary/aromatic N) is 1. The number of aryl methyl sites for hydroxylation is 1. The summed E-state index contributed by atoms with van der Waals surface area (Å²) in [5.74, 6) is 2.28. The summed E-state index contributed by atoms with van der Waals surface area (Å²) >= 11 is 0. The van der Waals surface area contributed by atoms with Crippen molar-refractivity contribution in [2.75, 3.05) is 4.90 Å². The lowest BCUT2D eigenvalue weighted by atomic mass is 9.69. The minimum Gasteiger partial charge on any atom is -0.341 e. The smallest absolute Gasteiger partial charge is 0.0445 e. The van der Waals surface area contributed by atoms with E-state index in [0.717, 1.165) is 38.5 Å². The fourth-order valence-electron chi connectivity index (χ4n) is 11.7. The van der Waals surface area contributed by atoms with Gasteiger partial charge >= 0.3 is 0 Å². The maximum atomic E-state index is 2.88. The fourth-order valence-corrected chi connectivity index (χ4v) is 11.7. The quantitative estimate of drug-likeness (QED) is 0.153. The Morgan fingerprint density at radius 3 is 2.52 bits per heavy atom. The monoisotopic (exact) mass is 794 g/mol. The molecule has 0 bridgehead atoms. The van der Waals surface area contributed by atoms with E-state index in [2.05, 4.69) is 188 Å². The molecule has 0 saturated carbocycles. The van der Waals surface area contributed by atoms with Crippen molar-refractivity contribution in [2.45, 2.75) is 132 Å². The van der Waals surface area contributed by atoms with Gasteiger partial charge in [0, 0.05) is 35.2 Å². The molecule has 6 atom stereocenters. The zero-order valence-electron chi connectivity index (χ0n) is 38.1.